The van der Waals surface area contributed by atoms with Gasteiger partial charge in [0, 0.05) is 20.1 Å². The first kappa shape index (κ1) is 28.3. The molecule has 0 aliphatic carbocycles. The first-order valence-corrected chi connectivity index (χ1v) is 7.53. The Bertz CT molecular complexity index is 159. The number of rotatable bonds is 8. The van der Waals surface area contributed by atoms with Gasteiger partial charge in [-0.3, -0.25) is 4.79 Å². The molecule has 0 aromatic rings. The highest BCUT2D eigenvalue weighted by molar-refractivity contribution is 5.65. The monoisotopic (exact) mass is 308 g/mol. The minimum Gasteiger partial charge on any atom is -0.466 e. The first-order valence-electron chi connectivity index (χ1n) is 7.53. The van der Waals surface area contributed by atoms with E-state index in [0.717, 1.165) is 19.6 Å². The summed E-state index contributed by atoms with van der Waals surface area (Å²) in [6.45, 7) is 15.6. The third-order valence-corrected chi connectivity index (χ3v) is 1.81. The number of carbonyl (C=O) groups is 1. The fourth-order valence-electron chi connectivity index (χ4n) is 0.949. The van der Waals surface area contributed by atoms with E-state index >= 15 is 0 Å². The summed E-state index contributed by atoms with van der Waals surface area (Å²) in [6.07, 6.45) is 4.64. The second-order valence-corrected chi connectivity index (χ2v) is 3.63. The van der Waals surface area contributed by atoms with Gasteiger partial charge in [0.15, 0.2) is 0 Å². The molecule has 130 valence electrons. The van der Waals surface area contributed by atoms with Crippen LogP contribution in [0, 0.1) is 0 Å². The van der Waals surface area contributed by atoms with E-state index in [4.69, 9.17) is 19.7 Å². The zero-order valence-electron chi connectivity index (χ0n) is 14.4. The van der Waals surface area contributed by atoms with E-state index in [1.807, 2.05) is 13.8 Å². The molecule has 21 heavy (non-hydrogen) atoms. The molecular formula is C16H36O5. The smallest absolute Gasteiger partial charge is 0.302 e. The maximum atomic E-state index is 10.3. The first-order chi connectivity index (χ1) is 10.1. The summed E-state index contributed by atoms with van der Waals surface area (Å²) in [5.41, 5.74) is 0. The molecule has 2 N–H and O–H groups in total. The minimum atomic E-state index is -0.170. The van der Waals surface area contributed by atoms with Crippen LogP contribution >= 0.6 is 0 Å². The van der Waals surface area contributed by atoms with Crippen LogP contribution in [0.5, 0.6) is 0 Å². The normalized spacial score (nSPS) is 8.10. The second kappa shape index (κ2) is 36.5. The number of hydrogen-bond acceptors (Lipinski definition) is 5. The molecule has 0 atom stereocenters. The predicted molar refractivity (Wildman–Crippen MR) is 88.4 cm³/mol. The summed E-state index contributed by atoms with van der Waals surface area (Å²) >= 11 is 0. The van der Waals surface area contributed by atoms with Gasteiger partial charge in [0.25, 0.3) is 0 Å². The third kappa shape index (κ3) is 67.5. The Kier molecular flexibility index (Phi) is 49.1. The molecule has 0 aliphatic rings. The van der Waals surface area contributed by atoms with Crippen LogP contribution in [0.25, 0.3) is 0 Å². The molecule has 0 spiro atoms. The van der Waals surface area contributed by atoms with Crippen LogP contribution in [0.3, 0.4) is 0 Å². The minimum absolute atomic E-state index is 0.125. The van der Waals surface area contributed by atoms with E-state index in [1.165, 1.54) is 26.2 Å². The number of aliphatic hydroxyl groups is 2. The molecule has 0 amide bonds. The van der Waals surface area contributed by atoms with Crippen LogP contribution < -0.4 is 0 Å². The summed E-state index contributed by atoms with van der Waals surface area (Å²) in [6, 6.07) is 0. The Labute approximate surface area is 131 Å². The van der Waals surface area contributed by atoms with E-state index < -0.39 is 0 Å². The summed E-state index contributed by atoms with van der Waals surface area (Å²) in [4.78, 5) is 10.3. The summed E-state index contributed by atoms with van der Waals surface area (Å²) < 4.78 is 9.58. The Morgan fingerprint density at radius 3 is 1.67 bits per heavy atom. The molecule has 0 aromatic heterocycles. The Morgan fingerprint density at radius 1 is 0.952 bits per heavy atom. The van der Waals surface area contributed by atoms with Crippen molar-refractivity contribution in [2.24, 2.45) is 0 Å². The molecule has 0 heterocycles. The number of ether oxygens (including phenoxy) is 2. The van der Waals surface area contributed by atoms with Crippen molar-refractivity contribution in [3.05, 3.63) is 13.2 Å². The van der Waals surface area contributed by atoms with Gasteiger partial charge in [-0.1, -0.05) is 26.2 Å². The summed E-state index contributed by atoms with van der Waals surface area (Å²) in [5, 5.41) is 15.2. The van der Waals surface area contributed by atoms with Crippen molar-refractivity contribution in [3.8, 4) is 0 Å². The van der Waals surface area contributed by atoms with Crippen molar-refractivity contribution >= 4 is 5.97 Å². The van der Waals surface area contributed by atoms with Crippen LogP contribution in [0.15, 0.2) is 13.2 Å². The SMILES string of the molecule is C=C.CCCCCCOC(C)=O.CCOCC.OCCO. The van der Waals surface area contributed by atoms with Gasteiger partial charge in [0.2, 0.25) is 0 Å². The molecule has 0 saturated heterocycles. The molecule has 5 heteroatoms. The highest BCUT2D eigenvalue weighted by atomic mass is 16.5. The van der Waals surface area contributed by atoms with Gasteiger partial charge >= 0.3 is 5.97 Å². The van der Waals surface area contributed by atoms with Gasteiger partial charge in [-0.25, -0.2) is 0 Å². The molecule has 0 unspecified atom stereocenters. The maximum Gasteiger partial charge on any atom is 0.302 e. The van der Waals surface area contributed by atoms with Crippen molar-refractivity contribution in [1.82, 2.24) is 0 Å². The van der Waals surface area contributed by atoms with Crippen molar-refractivity contribution in [1.29, 1.82) is 0 Å². The summed E-state index contributed by atoms with van der Waals surface area (Å²) in [5.74, 6) is -0.170. The lowest BCUT2D eigenvalue weighted by atomic mass is 10.2. The van der Waals surface area contributed by atoms with Crippen molar-refractivity contribution < 1.29 is 24.5 Å². The Hall–Kier alpha value is -0.910. The number of aliphatic hydroxyl groups excluding tert-OH is 2. The van der Waals surface area contributed by atoms with E-state index in [-0.39, 0.29) is 19.2 Å². The zero-order chi connectivity index (χ0) is 17.4. The zero-order valence-corrected chi connectivity index (χ0v) is 14.4. The highest BCUT2D eigenvalue weighted by Gasteiger charge is 1.91. The molecule has 0 fully saturated rings. The van der Waals surface area contributed by atoms with Crippen LogP contribution in [0.2, 0.25) is 0 Å². The number of unbranched alkanes of at least 4 members (excludes halogenated alkanes) is 3. The van der Waals surface area contributed by atoms with Gasteiger partial charge in [-0.2, -0.15) is 0 Å². The van der Waals surface area contributed by atoms with Gasteiger partial charge in [-0.05, 0) is 20.3 Å². The quantitative estimate of drug-likeness (QED) is 0.409. The Morgan fingerprint density at radius 2 is 1.43 bits per heavy atom. The number of esters is 1. The molecule has 0 aromatic carbocycles. The lowest BCUT2D eigenvalue weighted by molar-refractivity contribution is -0.141. The van der Waals surface area contributed by atoms with Crippen LogP contribution in [-0.2, 0) is 14.3 Å². The van der Waals surface area contributed by atoms with Gasteiger partial charge in [-0.15, -0.1) is 13.2 Å². The number of hydrogen-bond donors (Lipinski definition) is 2. The van der Waals surface area contributed by atoms with Crippen LogP contribution in [0.4, 0.5) is 0 Å². The molecule has 0 rings (SSSR count). The maximum absolute atomic E-state index is 10.3. The lowest BCUT2D eigenvalue weighted by Gasteiger charge is -1.99. The molecule has 0 radical (unpaired) electrons. The van der Waals surface area contributed by atoms with E-state index in [2.05, 4.69) is 20.1 Å². The Balaban J connectivity index is -0.000000110. The van der Waals surface area contributed by atoms with Gasteiger partial charge < -0.3 is 19.7 Å². The molecule has 5 nitrogen and oxygen atoms in total. The molecular weight excluding hydrogens is 272 g/mol. The number of carbonyl (C=O) groups excluding carboxylic acids is 1. The van der Waals surface area contributed by atoms with Crippen LogP contribution in [-0.4, -0.2) is 49.2 Å². The molecule has 0 bridgehead atoms. The van der Waals surface area contributed by atoms with E-state index in [1.54, 1.807) is 0 Å². The standard InChI is InChI=1S/C8H16O2.C4H10O.C2H6O2.C2H4/c1-3-4-5-6-7-10-8(2)9;1-3-5-4-2;3-1-2-4;1-2/h3-7H2,1-2H3;3-4H2,1-2H3;3-4H,1-2H2;1-2H2. The third-order valence-electron chi connectivity index (χ3n) is 1.81. The highest BCUT2D eigenvalue weighted by Crippen LogP contribution is 1.98. The van der Waals surface area contributed by atoms with Crippen molar-refractivity contribution in [2.75, 3.05) is 33.0 Å². The van der Waals surface area contributed by atoms with Crippen LogP contribution in [0.1, 0.15) is 53.4 Å². The van der Waals surface area contributed by atoms with E-state index in [9.17, 15) is 4.79 Å². The molecule has 0 saturated carbocycles. The van der Waals surface area contributed by atoms with Gasteiger partial charge in [0.1, 0.15) is 0 Å². The predicted octanol–water partition coefficient (Wildman–Crippen LogP) is 2.95. The average molecular weight is 308 g/mol. The van der Waals surface area contributed by atoms with Crippen molar-refractivity contribution in [3.63, 3.8) is 0 Å². The summed E-state index contributed by atoms with van der Waals surface area (Å²) in [7, 11) is 0. The van der Waals surface area contributed by atoms with Crippen molar-refractivity contribution in [2.45, 2.75) is 53.4 Å². The lowest BCUT2D eigenvalue weighted by Crippen LogP contribution is -1.99. The second-order valence-electron chi connectivity index (χ2n) is 3.63. The van der Waals surface area contributed by atoms with E-state index in [0.29, 0.717) is 6.61 Å². The molecule has 0 aliphatic heterocycles. The fraction of sp³-hybridized carbons (Fsp3) is 0.812. The van der Waals surface area contributed by atoms with Gasteiger partial charge in [0.05, 0.1) is 19.8 Å². The largest absolute Gasteiger partial charge is 0.466 e. The topological polar surface area (TPSA) is 76.0 Å². The average Bonchev–Trinajstić information content (AvgIpc) is 2.50. The fourth-order valence-corrected chi connectivity index (χ4v) is 0.949.